The molecule has 3 heterocycles. The number of carbonyl (C=O) groups excluding carboxylic acids is 1. The molecule has 8 heteroatoms. The summed E-state index contributed by atoms with van der Waals surface area (Å²) < 4.78 is 1.91. The second-order valence-electron chi connectivity index (χ2n) is 8.53. The van der Waals surface area contributed by atoms with Gasteiger partial charge >= 0.3 is 0 Å². The van der Waals surface area contributed by atoms with Crippen molar-refractivity contribution < 1.29 is 4.79 Å². The summed E-state index contributed by atoms with van der Waals surface area (Å²) in [6, 6.07) is 16.0. The first-order valence-corrected chi connectivity index (χ1v) is 11.3. The number of aromatic nitrogens is 5. The molecule has 0 radical (unpaired) electrons. The number of anilines is 1. The second-order valence-corrected chi connectivity index (χ2v) is 8.53. The lowest BCUT2D eigenvalue weighted by Crippen LogP contribution is -2.30. The Hall–Kier alpha value is -4.59. The number of nitrogen functional groups attached to an aromatic ring is 1. The average Bonchev–Trinajstić information content (AvgIpc) is 3.29. The Morgan fingerprint density at radius 3 is 2.57 bits per heavy atom. The Balaban J connectivity index is 1.42. The van der Waals surface area contributed by atoms with Gasteiger partial charge in [0, 0.05) is 30.2 Å². The number of hydrogen-bond acceptors (Lipinski definition) is 6. The van der Waals surface area contributed by atoms with Crippen LogP contribution in [0.15, 0.2) is 85.7 Å². The topological polar surface area (TPSA) is 112 Å². The highest BCUT2D eigenvalue weighted by Gasteiger charge is 2.18. The van der Waals surface area contributed by atoms with Crippen molar-refractivity contribution in [2.24, 2.45) is 0 Å². The van der Waals surface area contributed by atoms with Crippen LogP contribution in [0.25, 0.3) is 10.8 Å². The SMILES string of the molecule is Cc1cnn(Cc2ccc(C(Cc3ccc4c(N)nccc4c3)NC(=O)c3cnccn3)cc2)c1. The van der Waals surface area contributed by atoms with Crippen LogP contribution in [-0.2, 0) is 13.0 Å². The first-order chi connectivity index (χ1) is 17.0. The number of nitrogens with zero attached hydrogens (tertiary/aromatic N) is 5. The van der Waals surface area contributed by atoms with Crippen molar-refractivity contribution in [2.45, 2.75) is 25.9 Å². The van der Waals surface area contributed by atoms with Gasteiger partial charge < -0.3 is 11.1 Å². The lowest BCUT2D eigenvalue weighted by Gasteiger charge is -2.20. The van der Waals surface area contributed by atoms with Gasteiger partial charge in [0.1, 0.15) is 11.5 Å². The number of nitrogens with one attached hydrogen (secondary N) is 1. The predicted octanol–water partition coefficient (Wildman–Crippen LogP) is 3.87. The number of fused-ring (bicyclic) bond motifs is 1. The van der Waals surface area contributed by atoms with E-state index in [1.54, 1.807) is 12.4 Å². The zero-order valence-electron chi connectivity index (χ0n) is 19.3. The molecule has 2 aromatic carbocycles. The highest BCUT2D eigenvalue weighted by Crippen LogP contribution is 2.25. The van der Waals surface area contributed by atoms with Crippen LogP contribution in [0, 0.1) is 6.92 Å². The number of rotatable bonds is 7. The maximum absolute atomic E-state index is 12.9. The molecule has 5 rings (SSSR count). The molecule has 0 spiro atoms. The Kier molecular flexibility index (Phi) is 6.17. The maximum atomic E-state index is 12.9. The molecule has 1 unspecified atom stereocenters. The van der Waals surface area contributed by atoms with E-state index in [2.05, 4.69) is 55.7 Å². The fourth-order valence-corrected chi connectivity index (χ4v) is 4.11. The predicted molar refractivity (Wildman–Crippen MR) is 135 cm³/mol. The van der Waals surface area contributed by atoms with Crippen LogP contribution < -0.4 is 11.1 Å². The number of carbonyl (C=O) groups is 1. The second kappa shape index (κ2) is 9.72. The first kappa shape index (κ1) is 22.2. The van der Waals surface area contributed by atoms with E-state index in [1.165, 1.54) is 12.4 Å². The molecule has 0 fully saturated rings. The molecule has 5 aromatic rings. The van der Waals surface area contributed by atoms with Crippen molar-refractivity contribution in [1.82, 2.24) is 30.0 Å². The lowest BCUT2D eigenvalue weighted by atomic mass is 9.96. The Morgan fingerprint density at radius 2 is 1.83 bits per heavy atom. The molecular formula is C27H25N7O. The van der Waals surface area contributed by atoms with Crippen molar-refractivity contribution in [2.75, 3.05) is 5.73 Å². The fraction of sp³-hybridized carbons (Fsp3) is 0.148. The molecule has 3 N–H and O–H groups in total. The molecule has 3 aromatic heterocycles. The molecule has 0 aliphatic carbocycles. The molecular weight excluding hydrogens is 438 g/mol. The van der Waals surface area contributed by atoms with Gasteiger partial charge in [-0.1, -0.05) is 42.5 Å². The number of aryl methyl sites for hydroxylation is 1. The van der Waals surface area contributed by atoms with E-state index in [0.717, 1.165) is 33.0 Å². The Morgan fingerprint density at radius 1 is 1.00 bits per heavy atom. The van der Waals surface area contributed by atoms with Gasteiger partial charge in [-0.25, -0.2) is 9.97 Å². The van der Waals surface area contributed by atoms with Gasteiger partial charge in [-0.15, -0.1) is 0 Å². The minimum atomic E-state index is -0.270. The molecule has 174 valence electrons. The molecule has 8 nitrogen and oxygen atoms in total. The molecule has 0 saturated carbocycles. The summed E-state index contributed by atoms with van der Waals surface area (Å²) in [6.07, 6.45) is 10.7. The summed E-state index contributed by atoms with van der Waals surface area (Å²) in [5.41, 5.74) is 10.6. The lowest BCUT2D eigenvalue weighted by molar-refractivity contribution is 0.0931. The number of pyridine rings is 1. The van der Waals surface area contributed by atoms with E-state index >= 15 is 0 Å². The smallest absolute Gasteiger partial charge is 0.271 e. The summed E-state index contributed by atoms with van der Waals surface area (Å²) in [4.78, 5) is 25.3. The Labute approximate surface area is 202 Å². The molecule has 0 aliphatic heterocycles. The molecule has 1 amide bonds. The van der Waals surface area contributed by atoms with Crippen molar-refractivity contribution in [3.63, 3.8) is 0 Å². The number of nitrogens with two attached hydrogens (primary N) is 1. The third-order valence-corrected chi connectivity index (χ3v) is 5.89. The van der Waals surface area contributed by atoms with Crippen LogP contribution in [0.1, 0.15) is 38.8 Å². The van der Waals surface area contributed by atoms with E-state index in [9.17, 15) is 4.79 Å². The zero-order valence-corrected chi connectivity index (χ0v) is 19.3. The van der Waals surface area contributed by atoms with E-state index in [4.69, 9.17) is 5.73 Å². The minimum absolute atomic E-state index is 0.262. The normalized spacial score (nSPS) is 11.9. The monoisotopic (exact) mass is 463 g/mol. The number of benzene rings is 2. The fourth-order valence-electron chi connectivity index (χ4n) is 4.11. The quantitative estimate of drug-likeness (QED) is 0.379. The van der Waals surface area contributed by atoms with Gasteiger partial charge in [0.2, 0.25) is 0 Å². The third kappa shape index (κ3) is 5.16. The van der Waals surface area contributed by atoms with Crippen LogP contribution in [0.2, 0.25) is 0 Å². The molecule has 1 atom stereocenters. The van der Waals surface area contributed by atoms with Gasteiger partial charge in [-0.05, 0) is 47.1 Å². The van der Waals surface area contributed by atoms with E-state index < -0.39 is 0 Å². The summed E-state index contributed by atoms with van der Waals surface area (Å²) in [5.74, 6) is 0.234. The highest BCUT2D eigenvalue weighted by molar-refractivity contribution is 5.92. The standard InChI is InChI=1S/C27H25N7O/c1-18-14-32-34(16-18)17-19-2-5-21(6-3-19)24(33-27(35)25-15-29-10-11-30-25)13-20-4-7-23-22(12-20)8-9-31-26(23)28/h2-12,14-16,24H,13,17H2,1H3,(H2,28,31)(H,33,35). The summed E-state index contributed by atoms with van der Waals surface area (Å²) in [6.45, 7) is 2.71. The Bertz CT molecular complexity index is 1460. The molecule has 35 heavy (non-hydrogen) atoms. The third-order valence-electron chi connectivity index (χ3n) is 5.89. The molecule has 0 bridgehead atoms. The van der Waals surface area contributed by atoms with Crippen LogP contribution >= 0.6 is 0 Å². The van der Waals surface area contributed by atoms with Crippen LogP contribution in [0.5, 0.6) is 0 Å². The maximum Gasteiger partial charge on any atom is 0.271 e. The highest BCUT2D eigenvalue weighted by atomic mass is 16.1. The first-order valence-electron chi connectivity index (χ1n) is 11.3. The zero-order chi connectivity index (χ0) is 24.2. The van der Waals surface area contributed by atoms with Crippen molar-refractivity contribution in [3.8, 4) is 0 Å². The van der Waals surface area contributed by atoms with Gasteiger partial charge in [-0.2, -0.15) is 5.10 Å². The molecule has 0 aliphatic rings. The van der Waals surface area contributed by atoms with Gasteiger partial charge in [0.25, 0.3) is 5.91 Å². The van der Waals surface area contributed by atoms with Crippen molar-refractivity contribution >= 4 is 22.5 Å². The number of hydrogen-bond donors (Lipinski definition) is 2. The molecule has 0 saturated heterocycles. The summed E-state index contributed by atoms with van der Waals surface area (Å²) in [5, 5.41) is 9.42. The van der Waals surface area contributed by atoms with Crippen LogP contribution in [0.4, 0.5) is 5.82 Å². The van der Waals surface area contributed by atoms with E-state index in [1.807, 2.05) is 42.2 Å². The van der Waals surface area contributed by atoms with E-state index in [-0.39, 0.29) is 17.6 Å². The summed E-state index contributed by atoms with van der Waals surface area (Å²) >= 11 is 0. The van der Waals surface area contributed by atoms with Gasteiger partial charge in [-0.3, -0.25) is 14.5 Å². The minimum Gasteiger partial charge on any atom is -0.383 e. The van der Waals surface area contributed by atoms with Crippen LogP contribution in [0.3, 0.4) is 0 Å². The average molecular weight is 464 g/mol. The van der Waals surface area contributed by atoms with Gasteiger partial charge in [0.05, 0.1) is 25.0 Å². The number of amides is 1. The summed E-state index contributed by atoms with van der Waals surface area (Å²) in [7, 11) is 0. The van der Waals surface area contributed by atoms with E-state index in [0.29, 0.717) is 18.8 Å². The van der Waals surface area contributed by atoms with Crippen LogP contribution in [-0.4, -0.2) is 30.6 Å². The van der Waals surface area contributed by atoms with Gasteiger partial charge in [0.15, 0.2) is 0 Å². The van der Waals surface area contributed by atoms with Crippen molar-refractivity contribution in [3.05, 3.63) is 114 Å². The van der Waals surface area contributed by atoms with Crippen molar-refractivity contribution in [1.29, 1.82) is 0 Å². The largest absolute Gasteiger partial charge is 0.383 e.